The zero-order valence-corrected chi connectivity index (χ0v) is 6.51. The summed E-state index contributed by atoms with van der Waals surface area (Å²) in [5.41, 5.74) is 1.79. The highest BCUT2D eigenvalue weighted by atomic mass is 15.3. The lowest BCUT2D eigenvalue weighted by Gasteiger charge is -2.00. The van der Waals surface area contributed by atoms with Crippen LogP contribution in [0.4, 0.5) is 0 Å². The lowest BCUT2D eigenvalue weighted by Crippen LogP contribution is -2.02. The molecular formula is C9H7BN2. The molecule has 0 aliphatic heterocycles. The second kappa shape index (κ2) is 2.85. The van der Waals surface area contributed by atoms with E-state index < -0.39 is 0 Å². The van der Waals surface area contributed by atoms with Gasteiger partial charge in [-0.15, -0.1) is 0 Å². The van der Waals surface area contributed by atoms with Crippen molar-refractivity contribution in [2.75, 3.05) is 0 Å². The highest BCUT2D eigenvalue weighted by molar-refractivity contribution is 6.32. The maximum atomic E-state index is 5.55. The molecule has 2 radical (unpaired) electrons. The van der Waals surface area contributed by atoms with E-state index in [1.807, 2.05) is 36.5 Å². The summed E-state index contributed by atoms with van der Waals surface area (Å²) in [5, 5.41) is 4.09. The van der Waals surface area contributed by atoms with Gasteiger partial charge in [-0.3, -0.25) is 0 Å². The minimum atomic E-state index is 0.769. The molecule has 0 spiro atoms. The molecule has 0 saturated heterocycles. The molecule has 2 rings (SSSR count). The van der Waals surface area contributed by atoms with Crippen LogP contribution < -0.4 is 5.46 Å². The van der Waals surface area contributed by atoms with Crippen molar-refractivity contribution < 1.29 is 0 Å². The maximum absolute atomic E-state index is 5.55. The lowest BCUT2D eigenvalue weighted by atomic mass is 9.96. The molecule has 2 aromatic rings. The number of hydrogen-bond acceptors (Lipinski definition) is 1. The molecule has 0 amide bonds. The monoisotopic (exact) mass is 154 g/mol. The second-order valence-corrected chi connectivity index (χ2v) is 2.54. The van der Waals surface area contributed by atoms with Crippen molar-refractivity contribution in [3.05, 3.63) is 42.7 Å². The molecule has 1 heterocycles. The van der Waals surface area contributed by atoms with E-state index in [2.05, 4.69) is 5.10 Å². The molecule has 56 valence electrons. The minimum absolute atomic E-state index is 0.769. The van der Waals surface area contributed by atoms with Gasteiger partial charge in [-0.2, -0.15) is 5.10 Å². The molecule has 2 nitrogen and oxygen atoms in total. The third-order valence-electron chi connectivity index (χ3n) is 1.66. The van der Waals surface area contributed by atoms with Crippen molar-refractivity contribution in [3.8, 4) is 5.69 Å². The minimum Gasteiger partial charge on any atom is -0.241 e. The van der Waals surface area contributed by atoms with E-state index in [0.717, 1.165) is 11.2 Å². The normalized spacial score (nSPS) is 10.0. The van der Waals surface area contributed by atoms with Gasteiger partial charge in [0.25, 0.3) is 0 Å². The molecule has 0 atom stereocenters. The van der Waals surface area contributed by atoms with Crippen LogP contribution in [-0.2, 0) is 0 Å². The third-order valence-corrected chi connectivity index (χ3v) is 1.66. The summed E-state index contributed by atoms with van der Waals surface area (Å²) < 4.78 is 1.79. The Bertz CT molecular complexity index is 351. The first kappa shape index (κ1) is 7.16. The Kier molecular flexibility index (Phi) is 1.70. The van der Waals surface area contributed by atoms with Gasteiger partial charge in [0.2, 0.25) is 0 Å². The highest BCUT2D eigenvalue weighted by Crippen LogP contribution is 2.02. The van der Waals surface area contributed by atoms with Gasteiger partial charge in [-0.25, -0.2) is 4.68 Å². The van der Waals surface area contributed by atoms with E-state index in [9.17, 15) is 0 Å². The fourth-order valence-corrected chi connectivity index (χ4v) is 1.05. The van der Waals surface area contributed by atoms with Crippen LogP contribution in [-0.4, -0.2) is 17.6 Å². The van der Waals surface area contributed by atoms with E-state index in [0.29, 0.717) is 0 Å². The van der Waals surface area contributed by atoms with Crippen molar-refractivity contribution >= 4 is 13.3 Å². The number of benzene rings is 1. The van der Waals surface area contributed by atoms with E-state index in [1.165, 1.54) is 0 Å². The summed E-state index contributed by atoms with van der Waals surface area (Å²) >= 11 is 0. The Hall–Kier alpha value is -1.51. The lowest BCUT2D eigenvalue weighted by molar-refractivity contribution is 0.881. The molecule has 0 N–H and O–H groups in total. The maximum Gasteiger partial charge on any atom is 0.113 e. The third kappa shape index (κ3) is 1.26. The van der Waals surface area contributed by atoms with Crippen LogP contribution in [0.3, 0.4) is 0 Å². The van der Waals surface area contributed by atoms with E-state index in [1.54, 1.807) is 10.9 Å². The van der Waals surface area contributed by atoms with E-state index in [4.69, 9.17) is 7.85 Å². The van der Waals surface area contributed by atoms with Gasteiger partial charge in [0, 0.05) is 12.4 Å². The standard InChI is InChI=1S/C9H7BN2/c10-8-2-4-9(5-3-8)12-7-1-6-11-12/h1-7H. The van der Waals surface area contributed by atoms with Crippen molar-refractivity contribution in [2.24, 2.45) is 0 Å². The first-order chi connectivity index (χ1) is 5.86. The van der Waals surface area contributed by atoms with Crippen LogP contribution >= 0.6 is 0 Å². The summed E-state index contributed by atoms with van der Waals surface area (Å²) in [6.45, 7) is 0. The highest BCUT2D eigenvalue weighted by Gasteiger charge is 1.92. The Morgan fingerprint density at radius 2 is 1.92 bits per heavy atom. The van der Waals surface area contributed by atoms with Gasteiger partial charge in [0.05, 0.1) is 5.69 Å². The van der Waals surface area contributed by atoms with Crippen LogP contribution in [0.1, 0.15) is 0 Å². The van der Waals surface area contributed by atoms with Gasteiger partial charge in [-0.1, -0.05) is 17.6 Å². The van der Waals surface area contributed by atoms with Crippen LogP contribution in [0.2, 0.25) is 0 Å². The molecule has 0 aliphatic carbocycles. The molecule has 0 saturated carbocycles. The molecule has 0 unspecified atom stereocenters. The second-order valence-electron chi connectivity index (χ2n) is 2.54. The molecule has 0 bridgehead atoms. The SMILES string of the molecule is [B]c1ccc(-n2cccn2)cc1. The Balaban J connectivity index is 2.43. The Morgan fingerprint density at radius 3 is 2.50 bits per heavy atom. The quantitative estimate of drug-likeness (QED) is 0.552. The number of rotatable bonds is 1. The number of aromatic nitrogens is 2. The predicted octanol–water partition coefficient (Wildman–Crippen LogP) is 0.666. The zero-order chi connectivity index (χ0) is 8.39. The molecule has 3 heteroatoms. The average Bonchev–Trinajstić information content (AvgIpc) is 2.58. The summed E-state index contributed by atoms with van der Waals surface area (Å²) in [7, 11) is 5.55. The molecule has 12 heavy (non-hydrogen) atoms. The summed E-state index contributed by atoms with van der Waals surface area (Å²) in [4.78, 5) is 0. The fraction of sp³-hybridized carbons (Fsp3) is 0. The van der Waals surface area contributed by atoms with Crippen molar-refractivity contribution in [2.45, 2.75) is 0 Å². The topological polar surface area (TPSA) is 17.8 Å². The zero-order valence-electron chi connectivity index (χ0n) is 6.51. The van der Waals surface area contributed by atoms with Crippen molar-refractivity contribution in [1.29, 1.82) is 0 Å². The molecular weight excluding hydrogens is 147 g/mol. The number of nitrogens with zero attached hydrogens (tertiary/aromatic N) is 2. The van der Waals surface area contributed by atoms with Crippen LogP contribution in [0.15, 0.2) is 42.7 Å². The van der Waals surface area contributed by atoms with Crippen molar-refractivity contribution in [1.82, 2.24) is 9.78 Å². The summed E-state index contributed by atoms with van der Waals surface area (Å²) in [6.07, 6.45) is 3.64. The van der Waals surface area contributed by atoms with Crippen molar-refractivity contribution in [3.63, 3.8) is 0 Å². The molecule has 0 aliphatic rings. The molecule has 1 aromatic heterocycles. The largest absolute Gasteiger partial charge is 0.241 e. The van der Waals surface area contributed by atoms with Gasteiger partial charge < -0.3 is 0 Å². The number of hydrogen-bond donors (Lipinski definition) is 0. The van der Waals surface area contributed by atoms with E-state index >= 15 is 0 Å². The van der Waals surface area contributed by atoms with Gasteiger partial charge >= 0.3 is 0 Å². The summed E-state index contributed by atoms with van der Waals surface area (Å²) in [5.74, 6) is 0. The van der Waals surface area contributed by atoms with Crippen LogP contribution in [0, 0.1) is 0 Å². The van der Waals surface area contributed by atoms with Gasteiger partial charge in [0.1, 0.15) is 7.85 Å². The predicted molar refractivity (Wildman–Crippen MR) is 49.0 cm³/mol. The summed E-state index contributed by atoms with van der Waals surface area (Å²) in [6, 6.07) is 9.47. The van der Waals surface area contributed by atoms with Crippen LogP contribution in [0.5, 0.6) is 0 Å². The Morgan fingerprint density at radius 1 is 1.17 bits per heavy atom. The first-order valence-electron chi connectivity index (χ1n) is 3.72. The van der Waals surface area contributed by atoms with Crippen LogP contribution in [0.25, 0.3) is 5.69 Å². The Labute approximate surface area is 72.2 Å². The fourth-order valence-electron chi connectivity index (χ4n) is 1.05. The van der Waals surface area contributed by atoms with Gasteiger partial charge in [0.15, 0.2) is 0 Å². The molecule has 0 fully saturated rings. The van der Waals surface area contributed by atoms with E-state index in [-0.39, 0.29) is 0 Å². The smallest absolute Gasteiger partial charge is 0.113 e. The molecule has 1 aromatic carbocycles. The first-order valence-corrected chi connectivity index (χ1v) is 3.72. The van der Waals surface area contributed by atoms with Gasteiger partial charge in [-0.05, 0) is 18.2 Å². The average molecular weight is 154 g/mol.